The predicted molar refractivity (Wildman–Crippen MR) is 152 cm³/mol. The van der Waals surface area contributed by atoms with Crippen molar-refractivity contribution < 1.29 is 23.0 Å². The number of aliphatic hydroxyl groups is 1. The van der Waals surface area contributed by atoms with Gasteiger partial charge in [-0.1, -0.05) is 106 Å². The van der Waals surface area contributed by atoms with Crippen LogP contribution in [0.5, 0.6) is 5.75 Å². The molecular weight excluding hydrogens is 499 g/mol. The zero-order valence-corrected chi connectivity index (χ0v) is 23.8. The minimum atomic E-state index is -4.73. The minimum absolute atomic E-state index is 0.265. The van der Waals surface area contributed by atoms with Gasteiger partial charge in [0.1, 0.15) is 5.75 Å². The molecule has 1 aliphatic heterocycles. The molecule has 3 nitrogen and oxygen atoms in total. The third kappa shape index (κ3) is 9.70. The standard InChI is InChI=1S/C27H28F3NO2.C6H14/c1-20-7-9-22(10-8-20)25(23-11-13-24(14-12-23)33-27(28,29)30)26(32)15-17-31(18-16-26)19-21-5-3-2-4-6-21;1-5-6(2,3)4/h2-14,25,32H,15-19H2,1H3;5H2,1-4H3. The molecule has 1 unspecified atom stereocenters. The van der Waals surface area contributed by atoms with E-state index < -0.39 is 12.0 Å². The Kier molecular flexibility index (Phi) is 10.2. The molecule has 0 bridgehead atoms. The van der Waals surface area contributed by atoms with Gasteiger partial charge in [-0.15, -0.1) is 13.2 Å². The van der Waals surface area contributed by atoms with Gasteiger partial charge >= 0.3 is 6.36 Å². The number of benzene rings is 3. The molecule has 0 amide bonds. The summed E-state index contributed by atoms with van der Waals surface area (Å²) in [6, 6.07) is 24.1. The first kappa shape index (κ1) is 30.7. The molecule has 0 saturated carbocycles. The highest BCUT2D eigenvalue weighted by Crippen LogP contribution is 2.42. The second kappa shape index (κ2) is 13.0. The summed E-state index contributed by atoms with van der Waals surface area (Å²) in [5, 5.41) is 11.8. The third-order valence-corrected chi connectivity index (χ3v) is 7.43. The lowest BCUT2D eigenvalue weighted by molar-refractivity contribution is -0.274. The molecule has 0 radical (unpaired) electrons. The summed E-state index contributed by atoms with van der Waals surface area (Å²) in [4.78, 5) is 2.33. The number of halogens is 3. The molecule has 0 aromatic heterocycles. The summed E-state index contributed by atoms with van der Waals surface area (Å²) in [6.07, 6.45) is -2.33. The Hall–Kier alpha value is -2.83. The van der Waals surface area contributed by atoms with Crippen LogP contribution in [0.3, 0.4) is 0 Å². The van der Waals surface area contributed by atoms with Crippen LogP contribution in [0.2, 0.25) is 0 Å². The van der Waals surface area contributed by atoms with Gasteiger partial charge in [-0.2, -0.15) is 0 Å². The van der Waals surface area contributed by atoms with E-state index in [4.69, 9.17) is 0 Å². The summed E-state index contributed by atoms with van der Waals surface area (Å²) in [5.74, 6) is -0.615. The molecule has 3 aromatic carbocycles. The molecule has 212 valence electrons. The molecule has 1 fully saturated rings. The summed E-state index contributed by atoms with van der Waals surface area (Å²) in [6.45, 7) is 13.2. The number of hydrogen-bond donors (Lipinski definition) is 1. The van der Waals surface area contributed by atoms with Crippen LogP contribution < -0.4 is 4.74 Å². The van der Waals surface area contributed by atoms with Gasteiger partial charge < -0.3 is 9.84 Å². The van der Waals surface area contributed by atoms with E-state index in [2.05, 4.69) is 49.5 Å². The van der Waals surface area contributed by atoms with Gasteiger partial charge in [0.25, 0.3) is 0 Å². The van der Waals surface area contributed by atoms with Crippen LogP contribution in [0.15, 0.2) is 78.9 Å². The molecule has 4 rings (SSSR count). The maximum atomic E-state index is 12.6. The fraction of sp³-hybridized carbons (Fsp3) is 0.455. The van der Waals surface area contributed by atoms with Crippen molar-refractivity contribution in [1.29, 1.82) is 0 Å². The van der Waals surface area contributed by atoms with E-state index in [9.17, 15) is 18.3 Å². The first-order chi connectivity index (χ1) is 18.3. The van der Waals surface area contributed by atoms with E-state index in [0.29, 0.717) is 18.3 Å². The van der Waals surface area contributed by atoms with Crippen LogP contribution in [0.25, 0.3) is 0 Å². The number of alkyl halides is 3. The average Bonchev–Trinajstić information content (AvgIpc) is 2.88. The van der Waals surface area contributed by atoms with Gasteiger partial charge in [-0.3, -0.25) is 4.90 Å². The van der Waals surface area contributed by atoms with Gasteiger partial charge in [-0.25, -0.2) is 0 Å². The average molecular weight is 542 g/mol. The molecular formula is C33H42F3NO2. The molecule has 1 saturated heterocycles. The molecule has 3 aromatic rings. The normalized spacial score (nSPS) is 16.6. The zero-order chi connectivity index (χ0) is 28.7. The highest BCUT2D eigenvalue weighted by Gasteiger charge is 2.41. The quantitative estimate of drug-likeness (QED) is 0.340. The Bertz CT molecular complexity index is 1130. The molecule has 39 heavy (non-hydrogen) atoms. The molecule has 6 heteroatoms. The van der Waals surface area contributed by atoms with Crippen molar-refractivity contribution in [2.24, 2.45) is 5.41 Å². The van der Waals surface area contributed by atoms with Crippen molar-refractivity contribution in [3.63, 3.8) is 0 Å². The lowest BCUT2D eigenvalue weighted by atomic mass is 9.72. The number of nitrogens with zero attached hydrogens (tertiary/aromatic N) is 1. The number of piperidine rings is 1. The maximum absolute atomic E-state index is 12.6. The smallest absolute Gasteiger partial charge is 0.406 e. The van der Waals surface area contributed by atoms with Crippen LogP contribution in [-0.4, -0.2) is 35.1 Å². The highest BCUT2D eigenvalue weighted by atomic mass is 19.4. The molecule has 0 aliphatic carbocycles. The van der Waals surface area contributed by atoms with Crippen molar-refractivity contribution in [2.45, 2.75) is 78.3 Å². The van der Waals surface area contributed by atoms with E-state index in [-0.39, 0.29) is 11.7 Å². The SMILES string of the molecule is CCC(C)(C)C.Cc1ccc(C(c2ccc(OC(F)(F)F)cc2)C2(O)CCN(Cc3ccccc3)CC2)cc1. The molecule has 1 heterocycles. The number of likely N-dealkylation sites (tertiary alicyclic amines) is 1. The van der Waals surface area contributed by atoms with E-state index in [1.54, 1.807) is 12.1 Å². The number of ether oxygens (including phenoxy) is 1. The van der Waals surface area contributed by atoms with Crippen LogP contribution in [0, 0.1) is 12.3 Å². The van der Waals surface area contributed by atoms with Gasteiger partial charge in [0.2, 0.25) is 0 Å². The summed E-state index contributed by atoms with van der Waals surface area (Å²) in [5.41, 5.74) is 3.60. The van der Waals surface area contributed by atoms with E-state index in [0.717, 1.165) is 36.3 Å². The van der Waals surface area contributed by atoms with Crippen molar-refractivity contribution in [1.82, 2.24) is 4.90 Å². The summed E-state index contributed by atoms with van der Waals surface area (Å²) < 4.78 is 41.8. The molecule has 0 spiro atoms. The zero-order valence-electron chi connectivity index (χ0n) is 23.8. The molecule has 1 atom stereocenters. The third-order valence-electron chi connectivity index (χ3n) is 7.43. The van der Waals surface area contributed by atoms with Crippen molar-refractivity contribution >= 4 is 0 Å². The minimum Gasteiger partial charge on any atom is -0.406 e. The molecule has 1 aliphatic rings. The van der Waals surface area contributed by atoms with Crippen molar-refractivity contribution in [2.75, 3.05) is 13.1 Å². The monoisotopic (exact) mass is 541 g/mol. The van der Waals surface area contributed by atoms with Crippen LogP contribution in [-0.2, 0) is 6.54 Å². The number of rotatable bonds is 6. The van der Waals surface area contributed by atoms with Crippen LogP contribution >= 0.6 is 0 Å². The van der Waals surface area contributed by atoms with E-state index >= 15 is 0 Å². The first-order valence-electron chi connectivity index (χ1n) is 13.7. The maximum Gasteiger partial charge on any atom is 0.573 e. The number of hydrogen-bond acceptors (Lipinski definition) is 3. The summed E-state index contributed by atoms with van der Waals surface area (Å²) >= 11 is 0. The lowest BCUT2D eigenvalue weighted by Crippen LogP contribution is -2.48. The van der Waals surface area contributed by atoms with Crippen LogP contribution in [0.1, 0.15) is 75.1 Å². The van der Waals surface area contributed by atoms with Gasteiger partial charge in [-0.05, 0) is 54.0 Å². The Balaban J connectivity index is 0.000000631. The fourth-order valence-corrected chi connectivity index (χ4v) is 4.66. The van der Waals surface area contributed by atoms with Crippen LogP contribution in [0.4, 0.5) is 13.2 Å². The Labute approximate surface area is 231 Å². The Morgan fingerprint density at radius 1 is 0.846 bits per heavy atom. The Morgan fingerprint density at radius 3 is 1.79 bits per heavy atom. The van der Waals surface area contributed by atoms with E-state index in [1.807, 2.05) is 49.4 Å². The topological polar surface area (TPSA) is 32.7 Å². The highest BCUT2D eigenvalue weighted by molar-refractivity contribution is 5.40. The second-order valence-electron chi connectivity index (χ2n) is 11.7. The van der Waals surface area contributed by atoms with Gasteiger partial charge in [0.15, 0.2) is 0 Å². The predicted octanol–water partition coefficient (Wildman–Crippen LogP) is 8.50. The first-order valence-corrected chi connectivity index (χ1v) is 13.7. The fourth-order valence-electron chi connectivity index (χ4n) is 4.66. The van der Waals surface area contributed by atoms with Crippen molar-refractivity contribution in [3.05, 3.63) is 101 Å². The van der Waals surface area contributed by atoms with Crippen molar-refractivity contribution in [3.8, 4) is 5.75 Å². The summed E-state index contributed by atoms with van der Waals surface area (Å²) in [7, 11) is 0. The van der Waals surface area contributed by atoms with Gasteiger partial charge in [0, 0.05) is 25.6 Å². The second-order valence-corrected chi connectivity index (χ2v) is 11.7. The van der Waals surface area contributed by atoms with E-state index in [1.165, 1.54) is 24.1 Å². The largest absolute Gasteiger partial charge is 0.573 e. The number of aryl methyl sites for hydroxylation is 1. The van der Waals surface area contributed by atoms with Gasteiger partial charge in [0.05, 0.1) is 5.60 Å². The lowest BCUT2D eigenvalue weighted by Gasteiger charge is -2.43. The molecule has 1 N–H and O–H groups in total. The Morgan fingerprint density at radius 2 is 1.33 bits per heavy atom.